The molecule has 0 radical (unpaired) electrons. The first-order chi connectivity index (χ1) is 8.48. The molecule has 1 aromatic rings. The van der Waals surface area contributed by atoms with Gasteiger partial charge in [0.25, 0.3) is 5.91 Å². The van der Waals surface area contributed by atoms with Gasteiger partial charge in [-0.3, -0.25) is 4.79 Å². The summed E-state index contributed by atoms with van der Waals surface area (Å²) in [5, 5.41) is 30.3. The van der Waals surface area contributed by atoms with Crippen LogP contribution in [0.5, 0.6) is 0 Å². The normalized spacial score (nSPS) is 11.3. The van der Waals surface area contributed by atoms with Gasteiger partial charge in [-0.2, -0.15) is 0 Å². The third-order valence-corrected chi connectivity index (χ3v) is 2.62. The molecule has 0 saturated carbocycles. The predicted octanol–water partition coefficient (Wildman–Crippen LogP) is -1.50. The summed E-state index contributed by atoms with van der Waals surface area (Å²) in [7, 11) is 0. The van der Waals surface area contributed by atoms with Crippen LogP contribution in [-0.4, -0.2) is 46.6 Å². The van der Waals surface area contributed by atoms with Crippen molar-refractivity contribution in [1.82, 2.24) is 0 Å². The molecule has 0 aliphatic heterocycles. The van der Waals surface area contributed by atoms with Crippen LogP contribution < -0.4 is 16.8 Å². The van der Waals surface area contributed by atoms with E-state index in [1.165, 1.54) is 18.2 Å². The lowest BCUT2D eigenvalue weighted by atomic mass is 10.0. The standard InChI is InChI=1S/C11H17N3O4/c12-7-1-2-8(10(13)18)9(3-7)14-11(4-15,5-16)6-17/h1-3,14-17H,4-6,12H2,(H2,13,18). The number of rotatable bonds is 6. The van der Waals surface area contributed by atoms with E-state index in [9.17, 15) is 20.1 Å². The van der Waals surface area contributed by atoms with E-state index in [1.807, 2.05) is 0 Å². The quantitative estimate of drug-likeness (QED) is 0.341. The summed E-state index contributed by atoms with van der Waals surface area (Å²) < 4.78 is 0. The molecule has 0 saturated heterocycles. The second-order valence-electron chi connectivity index (χ2n) is 4.05. The van der Waals surface area contributed by atoms with E-state index in [4.69, 9.17) is 11.5 Å². The molecule has 1 rings (SSSR count). The van der Waals surface area contributed by atoms with E-state index >= 15 is 0 Å². The molecular weight excluding hydrogens is 238 g/mol. The smallest absolute Gasteiger partial charge is 0.250 e. The van der Waals surface area contributed by atoms with E-state index in [0.29, 0.717) is 5.69 Å². The summed E-state index contributed by atoms with van der Waals surface area (Å²) in [6.45, 7) is -1.56. The zero-order chi connectivity index (χ0) is 13.8. The van der Waals surface area contributed by atoms with E-state index in [-0.39, 0.29) is 11.3 Å². The molecule has 0 unspecified atom stereocenters. The van der Waals surface area contributed by atoms with E-state index in [0.717, 1.165) is 0 Å². The molecule has 7 nitrogen and oxygen atoms in total. The number of benzene rings is 1. The Bertz CT molecular complexity index is 424. The summed E-state index contributed by atoms with van der Waals surface area (Å²) in [6, 6.07) is 4.37. The van der Waals surface area contributed by atoms with Crippen molar-refractivity contribution < 1.29 is 20.1 Å². The zero-order valence-electron chi connectivity index (χ0n) is 9.76. The Balaban J connectivity index is 3.16. The van der Waals surface area contributed by atoms with Gasteiger partial charge in [-0.05, 0) is 18.2 Å². The lowest BCUT2D eigenvalue weighted by Gasteiger charge is -2.30. The predicted molar refractivity (Wildman–Crippen MR) is 67.0 cm³/mol. The van der Waals surface area contributed by atoms with Crippen LogP contribution in [0, 0.1) is 0 Å². The van der Waals surface area contributed by atoms with Gasteiger partial charge in [-0.1, -0.05) is 0 Å². The number of nitrogens with one attached hydrogen (secondary N) is 1. The second-order valence-corrected chi connectivity index (χ2v) is 4.05. The number of aliphatic hydroxyl groups is 3. The molecule has 18 heavy (non-hydrogen) atoms. The molecule has 1 aromatic carbocycles. The summed E-state index contributed by atoms with van der Waals surface area (Å²) in [5.41, 5.74) is 10.2. The van der Waals surface area contributed by atoms with Gasteiger partial charge in [-0.15, -0.1) is 0 Å². The molecule has 0 bridgehead atoms. The largest absolute Gasteiger partial charge is 0.399 e. The molecule has 0 aliphatic rings. The van der Waals surface area contributed by atoms with Crippen LogP contribution in [-0.2, 0) is 0 Å². The number of carbonyl (C=O) groups is 1. The van der Waals surface area contributed by atoms with Gasteiger partial charge in [0.05, 0.1) is 25.4 Å². The molecule has 0 aromatic heterocycles. The van der Waals surface area contributed by atoms with Crippen molar-refractivity contribution in [3.63, 3.8) is 0 Å². The van der Waals surface area contributed by atoms with Crippen molar-refractivity contribution >= 4 is 17.3 Å². The topological polar surface area (TPSA) is 142 Å². The number of carbonyl (C=O) groups excluding carboxylic acids is 1. The van der Waals surface area contributed by atoms with E-state index in [2.05, 4.69) is 5.32 Å². The van der Waals surface area contributed by atoms with Gasteiger partial charge < -0.3 is 32.1 Å². The van der Waals surface area contributed by atoms with Crippen LogP contribution in [0.3, 0.4) is 0 Å². The maximum atomic E-state index is 11.2. The SMILES string of the molecule is NC(=O)c1ccc(N)cc1NC(CO)(CO)CO. The van der Waals surface area contributed by atoms with Crippen LogP contribution in [0.1, 0.15) is 10.4 Å². The number of nitrogens with two attached hydrogens (primary N) is 2. The maximum Gasteiger partial charge on any atom is 0.250 e. The third kappa shape index (κ3) is 2.89. The fourth-order valence-corrected chi connectivity index (χ4v) is 1.43. The van der Waals surface area contributed by atoms with Crippen molar-refractivity contribution in [1.29, 1.82) is 0 Å². The molecule has 0 atom stereocenters. The Morgan fingerprint density at radius 3 is 2.22 bits per heavy atom. The molecule has 100 valence electrons. The fraction of sp³-hybridized carbons (Fsp3) is 0.364. The third-order valence-electron chi connectivity index (χ3n) is 2.62. The average molecular weight is 255 g/mol. The lowest BCUT2D eigenvalue weighted by Crippen LogP contribution is -2.49. The molecule has 1 amide bonds. The van der Waals surface area contributed by atoms with Gasteiger partial charge in [0.1, 0.15) is 5.54 Å². The summed E-state index contributed by atoms with van der Waals surface area (Å²) in [4.78, 5) is 11.2. The number of nitrogen functional groups attached to an aromatic ring is 1. The van der Waals surface area contributed by atoms with Crippen LogP contribution in [0.15, 0.2) is 18.2 Å². The molecule has 0 spiro atoms. The van der Waals surface area contributed by atoms with Crippen molar-refractivity contribution in [2.75, 3.05) is 30.9 Å². The van der Waals surface area contributed by atoms with Crippen LogP contribution in [0.25, 0.3) is 0 Å². The highest BCUT2D eigenvalue weighted by atomic mass is 16.3. The van der Waals surface area contributed by atoms with Crippen molar-refractivity contribution in [2.24, 2.45) is 5.73 Å². The highest BCUT2D eigenvalue weighted by Gasteiger charge is 2.29. The highest BCUT2D eigenvalue weighted by molar-refractivity contribution is 5.99. The first-order valence-electron chi connectivity index (χ1n) is 5.28. The number of amides is 1. The second kappa shape index (κ2) is 5.67. The Labute approximate surface area is 104 Å². The van der Waals surface area contributed by atoms with Crippen LogP contribution >= 0.6 is 0 Å². The monoisotopic (exact) mass is 255 g/mol. The number of hydrogen-bond acceptors (Lipinski definition) is 6. The molecule has 0 fully saturated rings. The Morgan fingerprint density at radius 1 is 1.22 bits per heavy atom. The fourth-order valence-electron chi connectivity index (χ4n) is 1.43. The summed E-state index contributed by atoms with van der Waals surface area (Å²) in [6.07, 6.45) is 0. The molecule has 8 N–H and O–H groups in total. The molecular formula is C11H17N3O4. The van der Waals surface area contributed by atoms with Gasteiger partial charge in [0.2, 0.25) is 0 Å². The number of anilines is 2. The zero-order valence-corrected chi connectivity index (χ0v) is 9.76. The lowest BCUT2D eigenvalue weighted by molar-refractivity contribution is 0.0830. The highest BCUT2D eigenvalue weighted by Crippen LogP contribution is 2.22. The van der Waals surface area contributed by atoms with Gasteiger partial charge >= 0.3 is 0 Å². The minimum Gasteiger partial charge on any atom is -0.399 e. The number of primary amides is 1. The van der Waals surface area contributed by atoms with Crippen molar-refractivity contribution in [2.45, 2.75) is 5.54 Å². The number of aliphatic hydroxyl groups excluding tert-OH is 3. The molecule has 0 heterocycles. The Morgan fingerprint density at radius 2 is 1.78 bits per heavy atom. The van der Waals surface area contributed by atoms with Gasteiger partial charge in [0.15, 0.2) is 0 Å². The summed E-state index contributed by atoms with van der Waals surface area (Å²) in [5.74, 6) is -0.680. The molecule has 7 heteroatoms. The molecule has 0 aliphatic carbocycles. The maximum absolute atomic E-state index is 11.2. The van der Waals surface area contributed by atoms with E-state index in [1.54, 1.807) is 0 Å². The van der Waals surface area contributed by atoms with Crippen LogP contribution in [0.4, 0.5) is 11.4 Å². The van der Waals surface area contributed by atoms with Gasteiger partial charge in [-0.25, -0.2) is 0 Å². The first kappa shape index (κ1) is 14.2. The average Bonchev–Trinajstić information content (AvgIpc) is 2.36. The Kier molecular flexibility index (Phi) is 4.49. The van der Waals surface area contributed by atoms with Gasteiger partial charge in [0, 0.05) is 11.4 Å². The minimum absolute atomic E-state index is 0.156. The number of hydrogen-bond donors (Lipinski definition) is 6. The summed E-state index contributed by atoms with van der Waals surface area (Å²) >= 11 is 0. The Hall–Kier alpha value is -1.83. The first-order valence-corrected chi connectivity index (χ1v) is 5.28. The van der Waals surface area contributed by atoms with Crippen molar-refractivity contribution in [3.8, 4) is 0 Å². The van der Waals surface area contributed by atoms with Crippen LogP contribution in [0.2, 0.25) is 0 Å². The van der Waals surface area contributed by atoms with E-state index < -0.39 is 31.3 Å². The minimum atomic E-state index is -1.35. The van der Waals surface area contributed by atoms with Crippen molar-refractivity contribution in [3.05, 3.63) is 23.8 Å².